The number of nitriles is 2. The number of benzene rings is 8. The van der Waals surface area contributed by atoms with Crippen molar-refractivity contribution in [3.63, 3.8) is 0 Å². The van der Waals surface area contributed by atoms with Crippen LogP contribution in [0.3, 0.4) is 0 Å². The van der Waals surface area contributed by atoms with E-state index >= 15 is 0 Å². The molecule has 2 heterocycles. The molecule has 0 spiro atoms. The monoisotopic (exact) mass is 688 g/mol. The van der Waals surface area contributed by atoms with Crippen LogP contribution in [-0.2, 0) is 0 Å². The van der Waals surface area contributed by atoms with Crippen LogP contribution in [0.15, 0.2) is 179 Å². The van der Waals surface area contributed by atoms with E-state index in [4.69, 9.17) is 8.83 Å². The van der Waals surface area contributed by atoms with E-state index in [1.54, 1.807) is 0 Å². The largest absolute Gasteiger partial charge is 0.455 e. The minimum absolute atomic E-state index is 0.603. The number of nitrogens with zero attached hydrogens (tertiary/aromatic N) is 2. The summed E-state index contributed by atoms with van der Waals surface area (Å²) in [5.74, 6) is 0. The molecule has 4 nitrogen and oxygen atoms in total. The van der Waals surface area contributed by atoms with Crippen LogP contribution in [0.4, 0.5) is 0 Å². The Morgan fingerprint density at radius 3 is 1.11 bits per heavy atom. The van der Waals surface area contributed by atoms with Gasteiger partial charge in [0.05, 0.1) is 23.3 Å². The average Bonchev–Trinajstić information content (AvgIpc) is 3.82. The van der Waals surface area contributed by atoms with Crippen molar-refractivity contribution in [1.82, 2.24) is 0 Å². The maximum absolute atomic E-state index is 10.2. The van der Waals surface area contributed by atoms with E-state index in [0.29, 0.717) is 11.1 Å². The maximum atomic E-state index is 10.2. The van der Waals surface area contributed by atoms with Gasteiger partial charge in [-0.15, -0.1) is 0 Å². The van der Waals surface area contributed by atoms with Crippen LogP contribution >= 0.6 is 0 Å². The lowest BCUT2D eigenvalue weighted by Crippen LogP contribution is -1.89. The summed E-state index contributed by atoms with van der Waals surface area (Å²) in [6.07, 6.45) is 0. The molecule has 10 rings (SSSR count). The SMILES string of the molecule is N#Cc1cc(-c2cccc3c2oc2ccccc23)ccc1-c1ccc(-c2ccc(-c3ccc(-c4cccc5c4oc4ccccc45)cc3C#N)cc2)cc1. The maximum Gasteiger partial charge on any atom is 0.143 e. The van der Waals surface area contributed by atoms with E-state index in [-0.39, 0.29) is 0 Å². The van der Waals surface area contributed by atoms with E-state index in [9.17, 15) is 10.5 Å². The third-order valence-electron chi connectivity index (χ3n) is 10.4. The molecule has 4 heteroatoms. The molecule has 0 N–H and O–H groups in total. The standard InChI is InChI=1S/C50H28N2O2/c51-29-37-27-35(41-9-5-11-45-43-7-1-3-13-47(43)53-49(41)45)23-25-39(37)33-19-15-31(16-20-33)32-17-21-34(22-18-32)40-26-24-36(28-38(40)30-52)42-10-6-12-46-44-8-2-4-14-48(44)54-50(42)46/h1-28H. The first-order chi connectivity index (χ1) is 26.7. The highest BCUT2D eigenvalue weighted by molar-refractivity contribution is 6.10. The van der Waals surface area contributed by atoms with Gasteiger partial charge in [0.1, 0.15) is 22.3 Å². The molecule has 0 fully saturated rings. The zero-order valence-corrected chi connectivity index (χ0v) is 28.9. The Bertz CT molecular complexity index is 2950. The van der Waals surface area contributed by atoms with Crippen molar-refractivity contribution in [1.29, 1.82) is 10.5 Å². The van der Waals surface area contributed by atoms with E-state index in [0.717, 1.165) is 99.5 Å². The van der Waals surface area contributed by atoms with Gasteiger partial charge in [0.15, 0.2) is 0 Å². The molecule has 250 valence electrons. The molecule has 8 aromatic carbocycles. The molecule has 0 aliphatic rings. The van der Waals surface area contributed by atoms with Gasteiger partial charge in [-0.05, 0) is 68.8 Å². The lowest BCUT2D eigenvalue weighted by Gasteiger charge is -2.11. The van der Waals surface area contributed by atoms with Crippen molar-refractivity contribution in [2.75, 3.05) is 0 Å². The Hall–Kier alpha value is -7.66. The first kappa shape index (κ1) is 31.1. The van der Waals surface area contributed by atoms with Crippen LogP contribution < -0.4 is 0 Å². The molecule has 0 saturated heterocycles. The molecule has 2 aromatic heterocycles. The van der Waals surface area contributed by atoms with Gasteiger partial charge in [-0.1, -0.05) is 146 Å². The Kier molecular flexibility index (Phi) is 7.22. The summed E-state index contributed by atoms with van der Waals surface area (Å²) in [5, 5.41) is 24.7. The summed E-state index contributed by atoms with van der Waals surface area (Å²) < 4.78 is 12.5. The third-order valence-corrected chi connectivity index (χ3v) is 10.4. The van der Waals surface area contributed by atoms with E-state index in [1.165, 1.54) is 0 Å². The van der Waals surface area contributed by atoms with Crippen molar-refractivity contribution in [2.24, 2.45) is 0 Å². The van der Waals surface area contributed by atoms with Gasteiger partial charge in [0.25, 0.3) is 0 Å². The van der Waals surface area contributed by atoms with Crippen LogP contribution in [-0.4, -0.2) is 0 Å². The molecule has 0 atom stereocenters. The Labute approximate surface area is 311 Å². The predicted octanol–water partition coefficient (Wildman–Crippen LogP) is 13.6. The smallest absolute Gasteiger partial charge is 0.143 e. The summed E-state index contributed by atoms with van der Waals surface area (Å²) in [5.41, 5.74) is 14.2. The van der Waals surface area contributed by atoms with Crippen LogP contribution in [0.1, 0.15) is 11.1 Å². The first-order valence-corrected chi connectivity index (χ1v) is 17.8. The zero-order valence-electron chi connectivity index (χ0n) is 28.9. The number of para-hydroxylation sites is 4. The van der Waals surface area contributed by atoms with Crippen molar-refractivity contribution in [3.05, 3.63) is 181 Å². The molecule has 0 aliphatic carbocycles. The zero-order chi connectivity index (χ0) is 36.2. The van der Waals surface area contributed by atoms with Crippen molar-refractivity contribution >= 4 is 43.9 Å². The highest BCUT2D eigenvalue weighted by Crippen LogP contribution is 2.39. The van der Waals surface area contributed by atoms with E-state index in [1.807, 2.05) is 84.9 Å². The normalized spacial score (nSPS) is 11.3. The molecule has 0 bridgehead atoms. The lowest BCUT2D eigenvalue weighted by atomic mass is 9.92. The molecular formula is C50H28N2O2. The molecule has 10 aromatic rings. The highest BCUT2D eigenvalue weighted by Gasteiger charge is 2.16. The molecule has 54 heavy (non-hydrogen) atoms. The summed E-state index contributed by atoms with van der Waals surface area (Å²) in [4.78, 5) is 0. The summed E-state index contributed by atoms with van der Waals surface area (Å²) in [7, 11) is 0. The highest BCUT2D eigenvalue weighted by atomic mass is 16.3. The van der Waals surface area contributed by atoms with Crippen LogP contribution in [0.5, 0.6) is 0 Å². The molecule has 0 amide bonds. The van der Waals surface area contributed by atoms with Gasteiger partial charge in [-0.2, -0.15) is 10.5 Å². The van der Waals surface area contributed by atoms with Crippen molar-refractivity contribution in [2.45, 2.75) is 0 Å². The Morgan fingerprint density at radius 1 is 0.315 bits per heavy atom. The van der Waals surface area contributed by atoms with Gasteiger partial charge >= 0.3 is 0 Å². The summed E-state index contributed by atoms with van der Waals surface area (Å²) in [6.45, 7) is 0. The molecular weight excluding hydrogens is 661 g/mol. The fourth-order valence-electron chi connectivity index (χ4n) is 7.75. The predicted molar refractivity (Wildman–Crippen MR) is 218 cm³/mol. The fourth-order valence-corrected chi connectivity index (χ4v) is 7.75. The Morgan fingerprint density at radius 2 is 0.685 bits per heavy atom. The molecule has 0 radical (unpaired) electrons. The summed E-state index contributed by atoms with van der Waals surface area (Å²) >= 11 is 0. The first-order valence-electron chi connectivity index (χ1n) is 17.8. The van der Waals surface area contributed by atoms with Crippen molar-refractivity contribution in [3.8, 4) is 67.8 Å². The van der Waals surface area contributed by atoms with Crippen molar-refractivity contribution < 1.29 is 8.83 Å². The third kappa shape index (κ3) is 5.06. The molecule has 0 saturated carbocycles. The van der Waals surface area contributed by atoms with Crippen LogP contribution in [0.2, 0.25) is 0 Å². The Balaban J connectivity index is 0.921. The van der Waals surface area contributed by atoms with Gasteiger partial charge in [0, 0.05) is 32.7 Å². The second-order valence-electron chi connectivity index (χ2n) is 13.5. The minimum atomic E-state index is 0.603. The van der Waals surface area contributed by atoms with Gasteiger partial charge < -0.3 is 8.83 Å². The summed E-state index contributed by atoms with van der Waals surface area (Å²) in [6, 6.07) is 61.9. The second-order valence-corrected chi connectivity index (χ2v) is 13.5. The molecule has 0 aliphatic heterocycles. The average molecular weight is 689 g/mol. The lowest BCUT2D eigenvalue weighted by molar-refractivity contribution is 0.669. The number of furan rings is 2. The number of rotatable bonds is 5. The van der Waals surface area contributed by atoms with Gasteiger partial charge in [-0.25, -0.2) is 0 Å². The fraction of sp³-hybridized carbons (Fsp3) is 0. The van der Waals surface area contributed by atoms with E-state index < -0.39 is 0 Å². The number of fused-ring (bicyclic) bond motifs is 6. The molecule has 0 unspecified atom stereocenters. The van der Waals surface area contributed by atoms with Gasteiger partial charge in [0.2, 0.25) is 0 Å². The van der Waals surface area contributed by atoms with Crippen LogP contribution in [0.25, 0.3) is 99.5 Å². The van der Waals surface area contributed by atoms with Gasteiger partial charge in [-0.3, -0.25) is 0 Å². The van der Waals surface area contributed by atoms with E-state index in [2.05, 4.69) is 97.1 Å². The quantitative estimate of drug-likeness (QED) is 0.180. The number of hydrogen-bond acceptors (Lipinski definition) is 4. The minimum Gasteiger partial charge on any atom is -0.455 e. The topological polar surface area (TPSA) is 73.9 Å². The number of hydrogen-bond donors (Lipinski definition) is 0. The van der Waals surface area contributed by atoms with Crippen LogP contribution in [0, 0.1) is 22.7 Å². The second kappa shape index (κ2) is 12.5.